The molecule has 4 nitrogen and oxygen atoms in total. The molecule has 1 rings (SSSR count). The molecule has 1 aliphatic carbocycles. The van der Waals surface area contributed by atoms with Crippen molar-refractivity contribution in [3.05, 3.63) is 12.7 Å². The highest BCUT2D eigenvalue weighted by molar-refractivity contribution is 7.89. The second-order valence-electron chi connectivity index (χ2n) is 3.46. The largest absolute Gasteiger partial charge is 0.395 e. The summed E-state index contributed by atoms with van der Waals surface area (Å²) in [6, 6.07) is 0.136. The first-order valence-corrected chi connectivity index (χ1v) is 6.44. The maximum atomic E-state index is 11.7. The SMILES string of the molecule is C=CCCS(=O)(=O)N(CCO)C1CC1. The van der Waals surface area contributed by atoms with Crippen LogP contribution < -0.4 is 0 Å². The molecule has 0 aromatic carbocycles. The van der Waals surface area contributed by atoms with Gasteiger partial charge in [0, 0.05) is 12.6 Å². The van der Waals surface area contributed by atoms with E-state index in [-0.39, 0.29) is 24.9 Å². The molecule has 0 aliphatic heterocycles. The van der Waals surface area contributed by atoms with Gasteiger partial charge in [0.15, 0.2) is 0 Å². The summed E-state index contributed by atoms with van der Waals surface area (Å²) in [5, 5.41) is 8.78. The zero-order valence-corrected chi connectivity index (χ0v) is 9.04. The molecule has 0 spiro atoms. The van der Waals surface area contributed by atoms with Gasteiger partial charge in [-0.25, -0.2) is 8.42 Å². The van der Waals surface area contributed by atoms with Crippen LogP contribution >= 0.6 is 0 Å². The molecule has 14 heavy (non-hydrogen) atoms. The molecule has 1 fully saturated rings. The van der Waals surface area contributed by atoms with Crippen molar-refractivity contribution in [3.63, 3.8) is 0 Å². The fraction of sp³-hybridized carbons (Fsp3) is 0.778. The topological polar surface area (TPSA) is 57.6 Å². The van der Waals surface area contributed by atoms with Gasteiger partial charge in [0.2, 0.25) is 10.0 Å². The first-order chi connectivity index (χ1) is 6.61. The molecule has 1 saturated carbocycles. The van der Waals surface area contributed by atoms with Crippen LogP contribution in [0.2, 0.25) is 0 Å². The highest BCUT2D eigenvalue weighted by Crippen LogP contribution is 2.29. The Hall–Kier alpha value is -0.390. The minimum Gasteiger partial charge on any atom is -0.395 e. The van der Waals surface area contributed by atoms with Gasteiger partial charge in [-0.05, 0) is 19.3 Å². The molecular weight excluding hydrogens is 202 g/mol. The van der Waals surface area contributed by atoms with Crippen LogP contribution in [0.1, 0.15) is 19.3 Å². The van der Waals surface area contributed by atoms with E-state index in [1.165, 1.54) is 4.31 Å². The van der Waals surface area contributed by atoms with E-state index in [0.717, 1.165) is 12.8 Å². The maximum Gasteiger partial charge on any atom is 0.214 e. The highest BCUT2D eigenvalue weighted by Gasteiger charge is 2.35. The number of aliphatic hydroxyl groups excluding tert-OH is 1. The van der Waals surface area contributed by atoms with Crippen LogP contribution in [-0.4, -0.2) is 42.8 Å². The van der Waals surface area contributed by atoms with Gasteiger partial charge >= 0.3 is 0 Å². The number of hydrogen-bond donors (Lipinski definition) is 1. The second kappa shape index (κ2) is 4.91. The van der Waals surface area contributed by atoms with Crippen LogP contribution in [0.15, 0.2) is 12.7 Å². The van der Waals surface area contributed by atoms with Gasteiger partial charge in [-0.1, -0.05) is 6.08 Å². The summed E-state index contributed by atoms with van der Waals surface area (Å²) >= 11 is 0. The molecule has 0 heterocycles. The molecule has 0 unspecified atom stereocenters. The average molecular weight is 219 g/mol. The van der Waals surface area contributed by atoms with Crippen LogP contribution in [0.25, 0.3) is 0 Å². The molecule has 1 N–H and O–H groups in total. The summed E-state index contributed by atoms with van der Waals surface area (Å²) in [5.74, 6) is 0.104. The maximum absolute atomic E-state index is 11.7. The van der Waals surface area contributed by atoms with Gasteiger partial charge in [0.25, 0.3) is 0 Å². The van der Waals surface area contributed by atoms with Gasteiger partial charge in [-0.3, -0.25) is 0 Å². The lowest BCUT2D eigenvalue weighted by atomic mass is 10.5. The summed E-state index contributed by atoms with van der Waals surface area (Å²) < 4.78 is 24.9. The lowest BCUT2D eigenvalue weighted by Crippen LogP contribution is -2.37. The molecular formula is C9H17NO3S. The van der Waals surface area contributed by atoms with E-state index in [4.69, 9.17) is 5.11 Å². The van der Waals surface area contributed by atoms with E-state index >= 15 is 0 Å². The molecule has 0 atom stereocenters. The monoisotopic (exact) mass is 219 g/mol. The average Bonchev–Trinajstić information content (AvgIpc) is 2.94. The number of aliphatic hydroxyl groups is 1. The second-order valence-corrected chi connectivity index (χ2v) is 5.50. The minimum absolute atomic E-state index is 0.104. The van der Waals surface area contributed by atoms with Crippen LogP contribution in [0.5, 0.6) is 0 Å². The van der Waals surface area contributed by atoms with Crippen molar-refractivity contribution >= 4 is 10.0 Å². The fourth-order valence-corrected chi connectivity index (χ4v) is 3.08. The van der Waals surface area contributed by atoms with Crippen molar-refractivity contribution in [2.24, 2.45) is 0 Å². The minimum atomic E-state index is -3.18. The van der Waals surface area contributed by atoms with Gasteiger partial charge in [0.05, 0.1) is 12.4 Å². The van der Waals surface area contributed by atoms with E-state index in [1.807, 2.05) is 0 Å². The van der Waals surface area contributed by atoms with Crippen molar-refractivity contribution in [3.8, 4) is 0 Å². The molecule has 0 saturated heterocycles. The number of rotatable bonds is 7. The summed E-state index contributed by atoms with van der Waals surface area (Å²) in [6.45, 7) is 3.62. The Morgan fingerprint density at radius 3 is 2.57 bits per heavy atom. The molecule has 0 aromatic heterocycles. The summed E-state index contributed by atoms with van der Waals surface area (Å²) in [6.07, 6.45) is 3.92. The van der Waals surface area contributed by atoms with E-state index in [9.17, 15) is 8.42 Å². The number of hydrogen-bond acceptors (Lipinski definition) is 3. The third-order valence-electron chi connectivity index (χ3n) is 2.21. The molecule has 82 valence electrons. The standard InChI is InChI=1S/C9H17NO3S/c1-2-3-8-14(12,13)10(6-7-11)9-4-5-9/h2,9,11H,1,3-8H2. The molecule has 1 aliphatic rings. The van der Waals surface area contributed by atoms with Gasteiger partial charge < -0.3 is 5.11 Å². The smallest absolute Gasteiger partial charge is 0.214 e. The fourth-order valence-electron chi connectivity index (χ4n) is 1.36. The summed E-state index contributed by atoms with van der Waals surface area (Å²) in [4.78, 5) is 0. The quantitative estimate of drug-likeness (QED) is 0.629. The van der Waals surface area contributed by atoms with Crippen LogP contribution in [0.3, 0.4) is 0 Å². The zero-order chi connectivity index (χ0) is 10.6. The summed E-state index contributed by atoms with van der Waals surface area (Å²) in [5.41, 5.74) is 0. The normalized spacial score (nSPS) is 17.3. The summed E-state index contributed by atoms with van der Waals surface area (Å²) in [7, 11) is -3.18. The Balaban J connectivity index is 2.59. The van der Waals surface area contributed by atoms with Crippen LogP contribution in [-0.2, 0) is 10.0 Å². The molecule has 0 amide bonds. The first-order valence-electron chi connectivity index (χ1n) is 4.83. The zero-order valence-electron chi connectivity index (χ0n) is 8.22. The van der Waals surface area contributed by atoms with Crippen molar-refractivity contribution < 1.29 is 13.5 Å². The Morgan fingerprint density at radius 2 is 2.14 bits per heavy atom. The Morgan fingerprint density at radius 1 is 1.50 bits per heavy atom. The molecule has 0 aromatic rings. The van der Waals surface area contributed by atoms with Gasteiger partial charge in [-0.15, -0.1) is 6.58 Å². The van der Waals surface area contributed by atoms with E-state index < -0.39 is 10.0 Å². The molecule has 0 bridgehead atoms. The predicted octanol–water partition coefficient (Wildman–Crippen LogP) is 0.349. The third kappa shape index (κ3) is 3.08. The van der Waals surface area contributed by atoms with Crippen molar-refractivity contribution in [2.45, 2.75) is 25.3 Å². The van der Waals surface area contributed by atoms with Gasteiger partial charge in [0.1, 0.15) is 0 Å². The Labute approximate surface area is 85.3 Å². The number of nitrogens with zero attached hydrogens (tertiary/aromatic N) is 1. The molecule has 0 radical (unpaired) electrons. The van der Waals surface area contributed by atoms with Crippen LogP contribution in [0.4, 0.5) is 0 Å². The molecule has 5 heteroatoms. The van der Waals surface area contributed by atoms with Gasteiger partial charge in [-0.2, -0.15) is 4.31 Å². The van der Waals surface area contributed by atoms with Crippen molar-refractivity contribution in [1.82, 2.24) is 4.31 Å². The van der Waals surface area contributed by atoms with E-state index in [1.54, 1.807) is 6.08 Å². The van der Waals surface area contributed by atoms with Crippen molar-refractivity contribution in [2.75, 3.05) is 18.9 Å². The Kier molecular flexibility index (Phi) is 4.10. The predicted molar refractivity (Wildman–Crippen MR) is 55.4 cm³/mol. The van der Waals surface area contributed by atoms with Crippen molar-refractivity contribution in [1.29, 1.82) is 0 Å². The Bertz CT molecular complexity index is 282. The first kappa shape index (κ1) is 11.7. The van der Waals surface area contributed by atoms with Crippen LogP contribution in [0, 0.1) is 0 Å². The lowest BCUT2D eigenvalue weighted by Gasteiger charge is -2.20. The van der Waals surface area contributed by atoms with E-state index in [2.05, 4.69) is 6.58 Å². The number of allylic oxidation sites excluding steroid dienone is 1. The van der Waals surface area contributed by atoms with E-state index in [0.29, 0.717) is 6.42 Å². The lowest BCUT2D eigenvalue weighted by molar-refractivity contribution is 0.250. The number of sulfonamides is 1. The highest BCUT2D eigenvalue weighted by atomic mass is 32.2. The third-order valence-corrected chi connectivity index (χ3v) is 4.16.